The SMILES string of the molecule is Nc1nonc1C(=O)Nc1ccc(C(=O)O)c(Cl)c1. The van der Waals surface area contributed by atoms with Gasteiger partial charge in [-0.15, -0.1) is 0 Å². The van der Waals surface area contributed by atoms with Crippen LogP contribution in [0.4, 0.5) is 11.5 Å². The van der Waals surface area contributed by atoms with Crippen molar-refractivity contribution < 1.29 is 19.3 Å². The lowest BCUT2D eigenvalue weighted by molar-refractivity contribution is 0.0697. The van der Waals surface area contributed by atoms with Gasteiger partial charge in [0.15, 0.2) is 0 Å². The molecule has 1 aromatic carbocycles. The number of anilines is 2. The number of carboxylic acids is 1. The van der Waals surface area contributed by atoms with Gasteiger partial charge in [-0.1, -0.05) is 11.6 Å². The van der Waals surface area contributed by atoms with E-state index < -0.39 is 11.9 Å². The lowest BCUT2D eigenvalue weighted by Crippen LogP contribution is -2.14. The quantitative estimate of drug-likeness (QED) is 0.772. The first kappa shape index (κ1) is 12.8. The van der Waals surface area contributed by atoms with Crippen molar-refractivity contribution >= 4 is 35.0 Å². The molecule has 4 N–H and O–H groups in total. The van der Waals surface area contributed by atoms with Gasteiger partial charge in [-0.05, 0) is 28.5 Å². The first-order valence-electron chi connectivity index (χ1n) is 4.91. The summed E-state index contributed by atoms with van der Waals surface area (Å²) in [5.74, 6) is -1.95. The zero-order valence-electron chi connectivity index (χ0n) is 9.25. The van der Waals surface area contributed by atoms with Crippen LogP contribution in [0.3, 0.4) is 0 Å². The summed E-state index contributed by atoms with van der Waals surface area (Å²) in [5, 5.41) is 17.8. The second-order valence-corrected chi connectivity index (χ2v) is 3.86. The van der Waals surface area contributed by atoms with Crippen molar-refractivity contribution in [2.75, 3.05) is 11.1 Å². The van der Waals surface area contributed by atoms with E-state index >= 15 is 0 Å². The number of aromatic carboxylic acids is 1. The monoisotopic (exact) mass is 282 g/mol. The van der Waals surface area contributed by atoms with Crippen molar-refractivity contribution in [2.24, 2.45) is 0 Å². The van der Waals surface area contributed by atoms with Crippen molar-refractivity contribution in [1.82, 2.24) is 10.3 Å². The highest BCUT2D eigenvalue weighted by Gasteiger charge is 2.17. The van der Waals surface area contributed by atoms with E-state index in [9.17, 15) is 9.59 Å². The molecule has 0 aliphatic heterocycles. The molecule has 8 nitrogen and oxygen atoms in total. The highest BCUT2D eigenvalue weighted by Crippen LogP contribution is 2.21. The Morgan fingerprint density at radius 3 is 2.63 bits per heavy atom. The molecule has 2 rings (SSSR count). The summed E-state index contributed by atoms with van der Waals surface area (Å²) in [4.78, 5) is 22.5. The number of halogens is 1. The van der Waals surface area contributed by atoms with Gasteiger partial charge in [-0.2, -0.15) is 0 Å². The Labute approximate surface area is 111 Å². The Morgan fingerprint density at radius 1 is 1.37 bits per heavy atom. The fraction of sp³-hybridized carbons (Fsp3) is 0. The van der Waals surface area contributed by atoms with Gasteiger partial charge in [-0.25, -0.2) is 9.42 Å². The number of hydrogen-bond donors (Lipinski definition) is 3. The number of nitrogens with zero attached hydrogens (tertiary/aromatic N) is 2. The van der Waals surface area contributed by atoms with Crippen LogP contribution in [0.1, 0.15) is 20.8 Å². The van der Waals surface area contributed by atoms with E-state index in [0.717, 1.165) is 0 Å². The number of carboxylic acid groups (broad SMARTS) is 1. The number of nitrogen functional groups attached to an aromatic ring is 1. The fourth-order valence-corrected chi connectivity index (χ4v) is 1.57. The van der Waals surface area contributed by atoms with Gasteiger partial charge in [0.05, 0.1) is 10.6 Å². The molecule has 9 heteroatoms. The molecule has 1 heterocycles. The average molecular weight is 283 g/mol. The number of nitrogens with one attached hydrogen (secondary N) is 1. The first-order chi connectivity index (χ1) is 8.99. The zero-order valence-corrected chi connectivity index (χ0v) is 10.0. The summed E-state index contributed by atoms with van der Waals surface area (Å²) in [6.45, 7) is 0. The smallest absolute Gasteiger partial charge is 0.337 e. The largest absolute Gasteiger partial charge is 0.478 e. The minimum absolute atomic E-state index is 0.00319. The van der Waals surface area contributed by atoms with Crippen molar-refractivity contribution in [2.45, 2.75) is 0 Å². The number of benzene rings is 1. The summed E-state index contributed by atoms with van der Waals surface area (Å²) < 4.78 is 4.29. The molecule has 0 atom stereocenters. The highest BCUT2D eigenvalue weighted by molar-refractivity contribution is 6.33. The van der Waals surface area contributed by atoms with Crippen LogP contribution in [0.5, 0.6) is 0 Å². The third-order valence-corrected chi connectivity index (χ3v) is 2.50. The molecule has 1 aromatic heterocycles. The van der Waals surface area contributed by atoms with Crippen LogP contribution in [-0.4, -0.2) is 27.3 Å². The Kier molecular flexibility index (Phi) is 3.34. The predicted octanol–water partition coefficient (Wildman–Crippen LogP) is 1.26. The van der Waals surface area contributed by atoms with Gasteiger partial charge < -0.3 is 16.2 Å². The van der Waals surface area contributed by atoms with Gasteiger partial charge in [0, 0.05) is 5.69 Å². The van der Waals surface area contributed by atoms with Gasteiger partial charge in [-0.3, -0.25) is 4.79 Å². The molecule has 0 saturated carbocycles. The van der Waals surface area contributed by atoms with Crippen LogP contribution < -0.4 is 11.1 Å². The van der Waals surface area contributed by atoms with Crippen molar-refractivity contribution in [1.29, 1.82) is 0 Å². The van der Waals surface area contributed by atoms with Gasteiger partial charge in [0.25, 0.3) is 5.91 Å². The lowest BCUT2D eigenvalue weighted by atomic mass is 10.2. The molecule has 0 radical (unpaired) electrons. The molecule has 0 spiro atoms. The normalized spacial score (nSPS) is 10.2. The third-order valence-electron chi connectivity index (χ3n) is 2.19. The average Bonchev–Trinajstić information content (AvgIpc) is 2.75. The maximum Gasteiger partial charge on any atom is 0.337 e. The topological polar surface area (TPSA) is 131 Å². The molecule has 98 valence electrons. The molecule has 0 aliphatic carbocycles. The molecule has 0 saturated heterocycles. The van der Waals surface area contributed by atoms with E-state index in [0.29, 0.717) is 5.69 Å². The predicted molar refractivity (Wildman–Crippen MR) is 65.1 cm³/mol. The maximum atomic E-state index is 11.7. The Hall–Kier alpha value is -2.61. The number of amides is 1. The van der Waals surface area contributed by atoms with Gasteiger partial charge >= 0.3 is 5.97 Å². The van der Waals surface area contributed by atoms with Crippen LogP contribution in [-0.2, 0) is 0 Å². The number of carbonyl (C=O) groups excluding carboxylic acids is 1. The van der Waals surface area contributed by atoms with Gasteiger partial charge in [0.1, 0.15) is 0 Å². The molecule has 0 bridgehead atoms. The number of hydrogen-bond acceptors (Lipinski definition) is 6. The van der Waals surface area contributed by atoms with Gasteiger partial charge in [0.2, 0.25) is 11.5 Å². The fourth-order valence-electron chi connectivity index (χ4n) is 1.31. The standard InChI is InChI=1S/C10H7ClN4O4/c11-6-3-4(1-2-5(6)10(17)18)13-9(16)7-8(12)15-19-14-7/h1-3H,(H2,12,15)(H,13,16)(H,17,18). The number of nitrogens with two attached hydrogens (primary N) is 1. The number of carbonyl (C=O) groups is 2. The summed E-state index contributed by atoms with van der Waals surface area (Å²) in [6.07, 6.45) is 0. The van der Waals surface area contributed by atoms with Crippen molar-refractivity contribution in [3.8, 4) is 0 Å². The van der Waals surface area contributed by atoms with Crippen LogP contribution >= 0.6 is 11.6 Å². The molecule has 0 aliphatic rings. The molecule has 1 amide bonds. The second-order valence-electron chi connectivity index (χ2n) is 3.45. The molecule has 19 heavy (non-hydrogen) atoms. The zero-order chi connectivity index (χ0) is 14.0. The molecule has 0 unspecified atom stereocenters. The third kappa shape index (κ3) is 2.63. The Morgan fingerprint density at radius 2 is 2.11 bits per heavy atom. The summed E-state index contributed by atoms with van der Waals surface area (Å²) in [6, 6.07) is 3.95. The van der Waals surface area contributed by atoms with E-state index in [1.807, 2.05) is 0 Å². The summed E-state index contributed by atoms with van der Waals surface area (Å²) in [7, 11) is 0. The number of aromatic nitrogens is 2. The van der Waals surface area contributed by atoms with E-state index in [4.69, 9.17) is 22.4 Å². The van der Waals surface area contributed by atoms with Crippen LogP contribution in [0.2, 0.25) is 5.02 Å². The summed E-state index contributed by atoms with van der Waals surface area (Å²) >= 11 is 5.76. The number of rotatable bonds is 3. The lowest BCUT2D eigenvalue weighted by Gasteiger charge is -2.05. The molecule has 0 fully saturated rings. The maximum absolute atomic E-state index is 11.7. The van der Waals surface area contributed by atoms with E-state index in [2.05, 4.69) is 20.3 Å². The van der Waals surface area contributed by atoms with Crippen LogP contribution in [0.25, 0.3) is 0 Å². The molecular weight excluding hydrogens is 276 g/mol. The van der Waals surface area contributed by atoms with Crippen molar-refractivity contribution in [3.63, 3.8) is 0 Å². The van der Waals surface area contributed by atoms with Crippen LogP contribution in [0, 0.1) is 0 Å². The second kappa shape index (κ2) is 4.94. The van der Waals surface area contributed by atoms with Crippen LogP contribution in [0.15, 0.2) is 22.8 Å². The summed E-state index contributed by atoms with van der Waals surface area (Å²) in [5.41, 5.74) is 5.42. The van der Waals surface area contributed by atoms with E-state index in [1.54, 1.807) is 0 Å². The molecule has 2 aromatic rings. The minimum atomic E-state index is -1.16. The Bertz CT molecular complexity index is 655. The minimum Gasteiger partial charge on any atom is -0.478 e. The van der Waals surface area contributed by atoms with E-state index in [-0.39, 0.29) is 22.1 Å². The van der Waals surface area contributed by atoms with E-state index in [1.165, 1.54) is 18.2 Å². The van der Waals surface area contributed by atoms with Crippen molar-refractivity contribution in [3.05, 3.63) is 34.5 Å². The Balaban J connectivity index is 2.21. The highest BCUT2D eigenvalue weighted by atomic mass is 35.5. The molecular formula is C10H7ClN4O4. The first-order valence-corrected chi connectivity index (χ1v) is 5.29.